The fraction of sp³-hybridized carbons (Fsp3) is 0.273. The summed E-state index contributed by atoms with van der Waals surface area (Å²) in [7, 11) is 2.09. The number of nitrogens with zero attached hydrogens (tertiary/aromatic N) is 2. The van der Waals surface area contributed by atoms with E-state index in [2.05, 4.69) is 41.5 Å². The molecule has 0 aliphatic rings. The molecule has 0 saturated carbocycles. The minimum atomic E-state index is -0.0704. The maximum absolute atomic E-state index is 12.2. The first kappa shape index (κ1) is 18.9. The van der Waals surface area contributed by atoms with E-state index in [1.807, 2.05) is 48.5 Å². The molecule has 0 unspecified atom stereocenters. The van der Waals surface area contributed by atoms with Gasteiger partial charge in [-0.15, -0.1) is 0 Å². The molecule has 3 rings (SSSR count). The predicted octanol–water partition coefficient (Wildman–Crippen LogP) is 3.65. The van der Waals surface area contributed by atoms with E-state index in [1.165, 1.54) is 5.56 Å². The summed E-state index contributed by atoms with van der Waals surface area (Å²) in [4.78, 5) is 14.5. The summed E-state index contributed by atoms with van der Waals surface area (Å²) in [5.41, 5.74) is 3.92. The van der Waals surface area contributed by atoms with E-state index in [9.17, 15) is 4.79 Å². The van der Waals surface area contributed by atoms with Crippen LogP contribution in [0.5, 0.6) is 0 Å². The summed E-state index contributed by atoms with van der Waals surface area (Å²) >= 11 is 0. The first-order valence-corrected chi connectivity index (χ1v) is 9.18. The molecule has 3 aromatic rings. The van der Waals surface area contributed by atoms with Crippen molar-refractivity contribution >= 4 is 5.91 Å². The highest BCUT2D eigenvalue weighted by atomic mass is 16.5. The lowest BCUT2D eigenvalue weighted by Gasteiger charge is -2.14. The van der Waals surface area contributed by atoms with Crippen LogP contribution in [0.4, 0.5) is 0 Å². The van der Waals surface area contributed by atoms with Gasteiger partial charge < -0.3 is 14.7 Å². The average Bonchev–Trinajstić information content (AvgIpc) is 3.16. The third-order valence-electron chi connectivity index (χ3n) is 4.43. The number of carbonyl (C=O) groups excluding carboxylic acids is 1. The van der Waals surface area contributed by atoms with Crippen LogP contribution in [0.2, 0.25) is 0 Å². The monoisotopic (exact) mass is 363 g/mol. The Labute approximate surface area is 160 Å². The zero-order valence-corrected chi connectivity index (χ0v) is 15.8. The van der Waals surface area contributed by atoms with E-state index in [-0.39, 0.29) is 12.3 Å². The SMILES string of the molecule is CCN(C)Cc1cccc(CNC(=O)Cc2cc(-c3ccccc3)on2)c1. The van der Waals surface area contributed by atoms with Crippen LogP contribution in [0.3, 0.4) is 0 Å². The predicted molar refractivity (Wildman–Crippen MR) is 106 cm³/mol. The van der Waals surface area contributed by atoms with Gasteiger partial charge in [0, 0.05) is 24.7 Å². The second-order valence-electron chi connectivity index (χ2n) is 6.65. The molecule has 2 aromatic carbocycles. The third-order valence-corrected chi connectivity index (χ3v) is 4.43. The zero-order valence-electron chi connectivity index (χ0n) is 15.8. The Morgan fingerprint density at radius 1 is 1.07 bits per heavy atom. The summed E-state index contributed by atoms with van der Waals surface area (Å²) in [5.74, 6) is 0.602. The van der Waals surface area contributed by atoms with Crippen molar-refractivity contribution in [3.8, 4) is 11.3 Å². The molecule has 5 heteroatoms. The second kappa shape index (κ2) is 9.14. The van der Waals surface area contributed by atoms with Crippen molar-refractivity contribution in [1.29, 1.82) is 0 Å². The fourth-order valence-corrected chi connectivity index (χ4v) is 2.82. The molecule has 0 atom stereocenters. The van der Waals surface area contributed by atoms with E-state index >= 15 is 0 Å². The lowest BCUT2D eigenvalue weighted by Crippen LogP contribution is -2.24. The van der Waals surface area contributed by atoms with Gasteiger partial charge >= 0.3 is 0 Å². The van der Waals surface area contributed by atoms with Gasteiger partial charge in [-0.05, 0) is 24.7 Å². The highest BCUT2D eigenvalue weighted by molar-refractivity contribution is 5.78. The maximum Gasteiger partial charge on any atom is 0.226 e. The van der Waals surface area contributed by atoms with E-state index in [0.29, 0.717) is 18.0 Å². The van der Waals surface area contributed by atoms with Crippen molar-refractivity contribution in [2.24, 2.45) is 0 Å². The molecule has 0 fully saturated rings. The van der Waals surface area contributed by atoms with Crippen molar-refractivity contribution < 1.29 is 9.32 Å². The number of benzene rings is 2. The largest absolute Gasteiger partial charge is 0.356 e. The van der Waals surface area contributed by atoms with Gasteiger partial charge in [0.2, 0.25) is 5.91 Å². The number of rotatable bonds is 8. The minimum Gasteiger partial charge on any atom is -0.356 e. The Balaban J connectivity index is 1.53. The van der Waals surface area contributed by atoms with Gasteiger partial charge in [-0.1, -0.05) is 66.7 Å². The smallest absolute Gasteiger partial charge is 0.226 e. The van der Waals surface area contributed by atoms with Crippen molar-refractivity contribution in [2.45, 2.75) is 26.4 Å². The number of hydrogen-bond donors (Lipinski definition) is 1. The molecule has 5 nitrogen and oxygen atoms in total. The molecule has 0 radical (unpaired) electrons. The Morgan fingerprint density at radius 3 is 2.63 bits per heavy atom. The lowest BCUT2D eigenvalue weighted by atomic mass is 10.1. The third kappa shape index (κ3) is 5.53. The molecule has 1 N–H and O–H groups in total. The number of amides is 1. The average molecular weight is 363 g/mol. The van der Waals surface area contributed by atoms with Crippen molar-refractivity contribution in [2.75, 3.05) is 13.6 Å². The molecule has 0 spiro atoms. The number of carbonyl (C=O) groups is 1. The van der Waals surface area contributed by atoms with E-state index in [1.54, 1.807) is 0 Å². The highest BCUT2D eigenvalue weighted by Gasteiger charge is 2.10. The number of nitrogens with one attached hydrogen (secondary N) is 1. The van der Waals surface area contributed by atoms with Gasteiger partial charge in [0.15, 0.2) is 5.76 Å². The highest BCUT2D eigenvalue weighted by Crippen LogP contribution is 2.19. The van der Waals surface area contributed by atoms with Gasteiger partial charge in [-0.2, -0.15) is 0 Å². The van der Waals surface area contributed by atoms with E-state index in [4.69, 9.17) is 4.52 Å². The van der Waals surface area contributed by atoms with Crippen LogP contribution >= 0.6 is 0 Å². The molecule has 0 aliphatic carbocycles. The fourth-order valence-electron chi connectivity index (χ4n) is 2.82. The molecule has 1 aromatic heterocycles. The van der Waals surface area contributed by atoms with Crippen LogP contribution in [0.25, 0.3) is 11.3 Å². The van der Waals surface area contributed by atoms with Crippen molar-refractivity contribution in [3.05, 3.63) is 77.5 Å². The van der Waals surface area contributed by atoms with Gasteiger partial charge in [-0.3, -0.25) is 4.79 Å². The van der Waals surface area contributed by atoms with Gasteiger partial charge in [-0.25, -0.2) is 0 Å². The van der Waals surface area contributed by atoms with Crippen LogP contribution in [-0.2, 0) is 24.3 Å². The van der Waals surface area contributed by atoms with Crippen LogP contribution in [0.1, 0.15) is 23.7 Å². The Hall–Kier alpha value is -2.92. The molecule has 1 heterocycles. The normalized spacial score (nSPS) is 10.9. The summed E-state index contributed by atoms with van der Waals surface area (Å²) in [6.07, 6.45) is 0.203. The second-order valence-corrected chi connectivity index (χ2v) is 6.65. The van der Waals surface area contributed by atoms with Crippen LogP contribution in [-0.4, -0.2) is 29.6 Å². The summed E-state index contributed by atoms with van der Waals surface area (Å²) in [6.45, 7) is 4.55. The standard InChI is InChI=1S/C22H25N3O2/c1-3-25(2)16-18-9-7-8-17(12-18)15-23-22(26)14-20-13-21(27-24-20)19-10-5-4-6-11-19/h4-13H,3,14-16H2,1-2H3,(H,23,26). The first-order valence-electron chi connectivity index (χ1n) is 9.18. The van der Waals surface area contributed by atoms with Gasteiger partial charge in [0.25, 0.3) is 0 Å². The van der Waals surface area contributed by atoms with Crippen molar-refractivity contribution in [3.63, 3.8) is 0 Å². The zero-order chi connectivity index (χ0) is 19.1. The van der Waals surface area contributed by atoms with E-state index in [0.717, 1.165) is 24.2 Å². The Morgan fingerprint density at radius 2 is 1.85 bits per heavy atom. The van der Waals surface area contributed by atoms with E-state index < -0.39 is 0 Å². The molecule has 0 bridgehead atoms. The Bertz CT molecular complexity index is 874. The topological polar surface area (TPSA) is 58.4 Å². The summed E-state index contributed by atoms with van der Waals surface area (Å²) in [5, 5.41) is 6.96. The molecular formula is C22H25N3O2. The van der Waals surface area contributed by atoms with Crippen LogP contribution in [0, 0.1) is 0 Å². The van der Waals surface area contributed by atoms with Crippen LogP contribution < -0.4 is 5.32 Å². The molecule has 0 aliphatic heterocycles. The van der Waals surface area contributed by atoms with Gasteiger partial charge in [0.05, 0.1) is 12.1 Å². The Kier molecular flexibility index (Phi) is 6.39. The molecule has 1 amide bonds. The summed E-state index contributed by atoms with van der Waals surface area (Å²) < 4.78 is 5.34. The van der Waals surface area contributed by atoms with Crippen LogP contribution in [0.15, 0.2) is 65.2 Å². The molecule has 27 heavy (non-hydrogen) atoms. The summed E-state index contributed by atoms with van der Waals surface area (Å²) in [6, 6.07) is 19.9. The molecule has 140 valence electrons. The quantitative estimate of drug-likeness (QED) is 0.664. The first-order chi connectivity index (χ1) is 13.1. The lowest BCUT2D eigenvalue weighted by molar-refractivity contribution is -0.120. The minimum absolute atomic E-state index is 0.0704. The van der Waals surface area contributed by atoms with Gasteiger partial charge in [0.1, 0.15) is 0 Å². The molecule has 0 saturated heterocycles. The van der Waals surface area contributed by atoms with Crippen molar-refractivity contribution in [1.82, 2.24) is 15.4 Å². The number of aromatic nitrogens is 1. The maximum atomic E-state index is 12.2. The number of hydrogen-bond acceptors (Lipinski definition) is 4. The molecular weight excluding hydrogens is 338 g/mol.